The van der Waals surface area contributed by atoms with Crippen LogP contribution in [0.2, 0.25) is 0 Å². The normalized spacial score (nSPS) is 10.2. The number of hydrogen-bond acceptors (Lipinski definition) is 4. The molecule has 2 rings (SSSR count). The minimum Gasteiger partial charge on any atom is -0.272 e. The number of hydrogen-bond donors (Lipinski definition) is 2. The molecule has 2 aromatic carbocycles. The van der Waals surface area contributed by atoms with Gasteiger partial charge in [0.05, 0.1) is 11.5 Å². The van der Waals surface area contributed by atoms with Gasteiger partial charge in [0.15, 0.2) is 0 Å². The van der Waals surface area contributed by atoms with Gasteiger partial charge in [0.25, 0.3) is 0 Å². The van der Waals surface area contributed by atoms with Gasteiger partial charge in [0.1, 0.15) is 0 Å². The molecule has 0 atom stereocenters. The predicted molar refractivity (Wildman–Crippen MR) is 100 cm³/mol. The van der Waals surface area contributed by atoms with Crippen LogP contribution in [0.15, 0.2) is 58.3 Å². The Balaban J connectivity index is 1.66. The Bertz CT molecular complexity index is 702. The highest BCUT2D eigenvalue weighted by Gasteiger charge is 2.07. The molecule has 2 N–H and O–H groups in total. The minimum atomic E-state index is -0.227. The summed E-state index contributed by atoms with van der Waals surface area (Å²) in [5.74, 6) is 0.0663. The summed E-state index contributed by atoms with van der Waals surface area (Å²) in [7, 11) is 0. The van der Waals surface area contributed by atoms with E-state index in [9.17, 15) is 9.59 Å². The topological polar surface area (TPSA) is 58.2 Å². The molecule has 0 aliphatic rings. The second-order valence-corrected chi connectivity index (χ2v) is 7.32. The van der Waals surface area contributed by atoms with E-state index in [1.54, 1.807) is 0 Å². The SMILES string of the molecule is Cc1ccc(SCC(=O)NNC(=O)CSc2ccccc2C)cc1. The molecule has 0 spiro atoms. The molecule has 2 aromatic rings. The van der Waals surface area contributed by atoms with E-state index in [4.69, 9.17) is 0 Å². The first-order chi connectivity index (χ1) is 11.5. The van der Waals surface area contributed by atoms with E-state index in [0.717, 1.165) is 15.4 Å². The zero-order valence-electron chi connectivity index (χ0n) is 13.7. The summed E-state index contributed by atoms with van der Waals surface area (Å²) in [5, 5.41) is 0. The minimum absolute atomic E-state index is 0.225. The van der Waals surface area contributed by atoms with Gasteiger partial charge in [-0.1, -0.05) is 35.9 Å². The second kappa shape index (κ2) is 9.39. The van der Waals surface area contributed by atoms with Gasteiger partial charge >= 0.3 is 0 Å². The quantitative estimate of drug-likeness (QED) is 0.613. The van der Waals surface area contributed by atoms with Crippen LogP contribution in [0.3, 0.4) is 0 Å². The van der Waals surface area contributed by atoms with Crippen LogP contribution >= 0.6 is 23.5 Å². The molecular weight excluding hydrogens is 340 g/mol. The Morgan fingerprint density at radius 1 is 0.833 bits per heavy atom. The smallest absolute Gasteiger partial charge is 0.248 e. The zero-order valence-corrected chi connectivity index (χ0v) is 15.3. The van der Waals surface area contributed by atoms with Crippen molar-refractivity contribution in [2.45, 2.75) is 23.6 Å². The number of hydrazine groups is 1. The Morgan fingerprint density at radius 2 is 1.42 bits per heavy atom. The second-order valence-electron chi connectivity index (χ2n) is 5.25. The summed E-state index contributed by atoms with van der Waals surface area (Å²) in [6, 6.07) is 15.8. The van der Waals surface area contributed by atoms with Crippen LogP contribution in [-0.4, -0.2) is 23.3 Å². The van der Waals surface area contributed by atoms with Crippen molar-refractivity contribution in [2.24, 2.45) is 0 Å². The number of benzene rings is 2. The van der Waals surface area contributed by atoms with Gasteiger partial charge in [-0.2, -0.15) is 0 Å². The van der Waals surface area contributed by atoms with Crippen molar-refractivity contribution in [1.82, 2.24) is 10.9 Å². The molecule has 0 saturated carbocycles. The third-order valence-corrected chi connectivity index (χ3v) is 5.37. The number of carbonyl (C=O) groups is 2. The number of amides is 2. The highest BCUT2D eigenvalue weighted by atomic mass is 32.2. The van der Waals surface area contributed by atoms with Crippen molar-refractivity contribution >= 4 is 35.3 Å². The standard InChI is InChI=1S/C18H20N2O2S2/c1-13-7-9-15(10-8-13)23-11-17(21)19-20-18(22)12-24-16-6-4-3-5-14(16)2/h3-10H,11-12H2,1-2H3,(H,19,21)(H,20,22). The average Bonchev–Trinajstić information content (AvgIpc) is 2.58. The molecule has 0 saturated heterocycles. The molecule has 0 aliphatic heterocycles. The van der Waals surface area contributed by atoms with Gasteiger partial charge in [0.2, 0.25) is 11.8 Å². The molecule has 0 heterocycles. The van der Waals surface area contributed by atoms with Crippen LogP contribution in [0, 0.1) is 13.8 Å². The molecule has 24 heavy (non-hydrogen) atoms. The Kier molecular flexibility index (Phi) is 7.21. The van der Waals surface area contributed by atoms with Crippen LogP contribution in [0.5, 0.6) is 0 Å². The maximum absolute atomic E-state index is 11.8. The van der Waals surface area contributed by atoms with Crippen molar-refractivity contribution in [3.05, 3.63) is 59.7 Å². The average molecular weight is 361 g/mol. The molecule has 4 nitrogen and oxygen atoms in total. The third-order valence-electron chi connectivity index (χ3n) is 3.18. The molecule has 2 amide bonds. The van der Waals surface area contributed by atoms with E-state index in [0.29, 0.717) is 0 Å². The lowest BCUT2D eigenvalue weighted by atomic mass is 10.2. The first-order valence-electron chi connectivity index (χ1n) is 7.50. The van der Waals surface area contributed by atoms with Crippen molar-refractivity contribution in [2.75, 3.05) is 11.5 Å². The fourth-order valence-corrected chi connectivity index (χ4v) is 3.38. The molecule has 0 radical (unpaired) electrons. The Morgan fingerprint density at radius 3 is 2.04 bits per heavy atom. The van der Waals surface area contributed by atoms with E-state index >= 15 is 0 Å². The van der Waals surface area contributed by atoms with Crippen LogP contribution < -0.4 is 10.9 Å². The number of aryl methyl sites for hydroxylation is 2. The molecule has 126 valence electrons. The molecular formula is C18H20N2O2S2. The van der Waals surface area contributed by atoms with Gasteiger partial charge in [-0.05, 0) is 37.6 Å². The molecule has 0 unspecified atom stereocenters. The maximum Gasteiger partial charge on any atom is 0.248 e. The fourth-order valence-electron chi connectivity index (χ4n) is 1.86. The fraction of sp³-hybridized carbons (Fsp3) is 0.222. The molecule has 0 aliphatic carbocycles. The molecule has 0 aromatic heterocycles. The van der Waals surface area contributed by atoms with Gasteiger partial charge in [-0.25, -0.2) is 0 Å². The third kappa shape index (κ3) is 6.29. The van der Waals surface area contributed by atoms with Crippen LogP contribution in [0.1, 0.15) is 11.1 Å². The van der Waals surface area contributed by atoms with Crippen LogP contribution in [-0.2, 0) is 9.59 Å². The van der Waals surface area contributed by atoms with E-state index < -0.39 is 0 Å². The number of thioether (sulfide) groups is 2. The largest absolute Gasteiger partial charge is 0.272 e. The molecule has 0 bridgehead atoms. The van der Waals surface area contributed by atoms with E-state index in [-0.39, 0.29) is 23.3 Å². The van der Waals surface area contributed by atoms with Crippen LogP contribution in [0.4, 0.5) is 0 Å². The predicted octanol–water partition coefficient (Wildman–Crippen LogP) is 3.34. The highest BCUT2D eigenvalue weighted by molar-refractivity contribution is 8.00. The molecule has 0 fully saturated rings. The number of carbonyl (C=O) groups excluding carboxylic acids is 2. The maximum atomic E-state index is 11.8. The lowest BCUT2D eigenvalue weighted by molar-refractivity contribution is -0.126. The zero-order chi connectivity index (χ0) is 17.4. The van der Waals surface area contributed by atoms with Crippen molar-refractivity contribution in [1.29, 1.82) is 0 Å². The van der Waals surface area contributed by atoms with Gasteiger partial charge in [0, 0.05) is 9.79 Å². The molecule has 6 heteroatoms. The summed E-state index contributed by atoms with van der Waals surface area (Å²) >= 11 is 2.88. The van der Waals surface area contributed by atoms with Crippen molar-refractivity contribution in [3.63, 3.8) is 0 Å². The highest BCUT2D eigenvalue weighted by Crippen LogP contribution is 2.21. The van der Waals surface area contributed by atoms with Gasteiger partial charge in [-0.15, -0.1) is 23.5 Å². The number of rotatable bonds is 6. The summed E-state index contributed by atoms with van der Waals surface area (Å²) in [5.41, 5.74) is 7.20. The summed E-state index contributed by atoms with van der Waals surface area (Å²) in [4.78, 5) is 25.6. The summed E-state index contributed by atoms with van der Waals surface area (Å²) < 4.78 is 0. The first-order valence-corrected chi connectivity index (χ1v) is 9.47. The van der Waals surface area contributed by atoms with Gasteiger partial charge < -0.3 is 0 Å². The van der Waals surface area contributed by atoms with Crippen molar-refractivity contribution < 1.29 is 9.59 Å². The monoisotopic (exact) mass is 360 g/mol. The lowest BCUT2D eigenvalue weighted by Crippen LogP contribution is -2.43. The summed E-state index contributed by atoms with van der Waals surface area (Å²) in [6.45, 7) is 4.02. The Hall–Kier alpha value is -1.92. The number of nitrogens with one attached hydrogen (secondary N) is 2. The van der Waals surface area contributed by atoms with E-state index in [2.05, 4.69) is 10.9 Å². The van der Waals surface area contributed by atoms with E-state index in [1.807, 2.05) is 62.4 Å². The summed E-state index contributed by atoms with van der Waals surface area (Å²) in [6.07, 6.45) is 0. The first kappa shape index (κ1) is 18.4. The van der Waals surface area contributed by atoms with Crippen LogP contribution in [0.25, 0.3) is 0 Å². The Labute approximate surface area is 150 Å². The lowest BCUT2D eigenvalue weighted by Gasteiger charge is -2.08. The van der Waals surface area contributed by atoms with Crippen molar-refractivity contribution in [3.8, 4) is 0 Å². The van der Waals surface area contributed by atoms with Gasteiger partial charge in [-0.3, -0.25) is 20.4 Å². The van der Waals surface area contributed by atoms with E-state index in [1.165, 1.54) is 29.1 Å².